The summed E-state index contributed by atoms with van der Waals surface area (Å²) in [7, 11) is 0. The largest absolute Gasteiger partial charge is 0.508 e. The molecule has 0 spiro atoms. The normalized spacial score (nSPS) is 20.6. The minimum atomic E-state index is -0.267. The molecule has 3 aromatic rings. The number of nitrogens with zero attached hydrogens (tertiary/aromatic N) is 5. The summed E-state index contributed by atoms with van der Waals surface area (Å²) >= 11 is 0. The van der Waals surface area contributed by atoms with E-state index < -0.39 is 0 Å². The van der Waals surface area contributed by atoms with Gasteiger partial charge in [-0.3, -0.25) is 9.67 Å². The van der Waals surface area contributed by atoms with Gasteiger partial charge in [0.2, 0.25) is 0 Å². The van der Waals surface area contributed by atoms with Crippen molar-refractivity contribution in [3.63, 3.8) is 0 Å². The molecule has 1 saturated carbocycles. The second-order valence-electron chi connectivity index (χ2n) is 9.27. The van der Waals surface area contributed by atoms with Crippen LogP contribution in [0.25, 0.3) is 10.9 Å². The van der Waals surface area contributed by atoms with Crippen LogP contribution >= 0.6 is 0 Å². The average molecular weight is 461 g/mol. The maximum absolute atomic E-state index is 10.0. The predicted octanol–water partition coefficient (Wildman–Crippen LogP) is 4.42. The molecule has 1 atom stereocenters. The Labute approximate surface area is 201 Å². The van der Waals surface area contributed by atoms with Crippen LogP contribution in [-0.4, -0.2) is 49.5 Å². The maximum Gasteiger partial charge on any atom is 0.178 e. The van der Waals surface area contributed by atoms with Crippen LogP contribution < -0.4 is 10.6 Å². The summed E-state index contributed by atoms with van der Waals surface area (Å²) in [6.07, 6.45) is 10.6. The lowest BCUT2D eigenvalue weighted by molar-refractivity contribution is 0.206. The van der Waals surface area contributed by atoms with Gasteiger partial charge in [-0.25, -0.2) is 4.98 Å². The fourth-order valence-corrected chi connectivity index (χ4v) is 4.76. The van der Waals surface area contributed by atoms with Crippen LogP contribution in [0, 0.1) is 0 Å². The summed E-state index contributed by atoms with van der Waals surface area (Å²) in [4.78, 5) is 11.5. The number of aromatic hydroxyl groups is 1. The molecule has 0 bridgehead atoms. The number of aliphatic imine (C=N–C) groups is 1. The first-order valence-corrected chi connectivity index (χ1v) is 12.1. The Morgan fingerprint density at radius 1 is 1.26 bits per heavy atom. The zero-order valence-electron chi connectivity index (χ0n) is 20.8. The van der Waals surface area contributed by atoms with Gasteiger partial charge in [0.05, 0.1) is 13.1 Å². The SMILES string of the molecule is [2H]C1=CN(C2CCCC2)[C@H](Nc2cc3c(cn2)cnn3C(C)C)NC1=NCCc1ccccc1O. The molecular weight excluding hydrogens is 426 g/mol. The highest BCUT2D eigenvalue weighted by atomic mass is 16.3. The van der Waals surface area contributed by atoms with Crippen molar-refractivity contribution in [2.24, 2.45) is 4.99 Å². The fourth-order valence-electron chi connectivity index (χ4n) is 4.76. The van der Waals surface area contributed by atoms with Crippen molar-refractivity contribution in [2.45, 2.75) is 64.3 Å². The molecule has 1 aliphatic carbocycles. The predicted molar refractivity (Wildman–Crippen MR) is 136 cm³/mol. The van der Waals surface area contributed by atoms with Crippen LogP contribution in [0.2, 0.25) is 0 Å². The summed E-state index contributed by atoms with van der Waals surface area (Å²) in [5.41, 5.74) is 1.89. The van der Waals surface area contributed by atoms with E-state index in [4.69, 9.17) is 1.37 Å². The molecule has 0 unspecified atom stereocenters. The molecule has 3 N–H and O–H groups in total. The Kier molecular flexibility index (Phi) is 6.03. The van der Waals surface area contributed by atoms with E-state index in [2.05, 4.69) is 44.5 Å². The molecule has 1 aromatic carbocycles. The van der Waals surface area contributed by atoms with Crippen LogP contribution in [0.15, 0.2) is 60.0 Å². The average Bonchev–Trinajstić information content (AvgIpc) is 3.52. The van der Waals surface area contributed by atoms with Crippen molar-refractivity contribution in [2.75, 3.05) is 11.9 Å². The van der Waals surface area contributed by atoms with Gasteiger partial charge in [-0.1, -0.05) is 31.0 Å². The van der Waals surface area contributed by atoms with Crippen LogP contribution in [0.1, 0.15) is 52.5 Å². The number of phenolic OH excluding ortho intramolecular Hbond substituents is 1. The van der Waals surface area contributed by atoms with Gasteiger partial charge < -0.3 is 20.6 Å². The van der Waals surface area contributed by atoms with Crippen molar-refractivity contribution in [1.29, 1.82) is 0 Å². The van der Waals surface area contributed by atoms with Crippen LogP contribution in [0.4, 0.5) is 5.82 Å². The van der Waals surface area contributed by atoms with Crippen molar-refractivity contribution in [3.8, 4) is 5.75 Å². The Morgan fingerprint density at radius 2 is 2.09 bits per heavy atom. The number of hydrogen-bond donors (Lipinski definition) is 3. The summed E-state index contributed by atoms with van der Waals surface area (Å²) in [5, 5.41) is 22.5. The zero-order chi connectivity index (χ0) is 24.4. The fraction of sp³-hybridized carbons (Fsp3) is 0.423. The molecule has 1 fully saturated rings. The smallest absolute Gasteiger partial charge is 0.178 e. The Bertz CT molecular complexity index is 1250. The topological polar surface area (TPSA) is 90.6 Å². The number of anilines is 1. The number of hydrogen-bond acceptors (Lipinski definition) is 6. The molecule has 34 heavy (non-hydrogen) atoms. The van der Waals surface area contributed by atoms with Gasteiger partial charge in [0, 0.05) is 42.5 Å². The maximum atomic E-state index is 10.0. The lowest BCUT2D eigenvalue weighted by Gasteiger charge is -2.39. The number of rotatable bonds is 7. The number of pyridine rings is 1. The van der Waals surface area contributed by atoms with Gasteiger partial charge in [-0.15, -0.1) is 0 Å². The van der Waals surface area contributed by atoms with E-state index >= 15 is 0 Å². The molecule has 178 valence electrons. The number of fused-ring (bicyclic) bond motifs is 1. The molecule has 0 amide bonds. The molecule has 0 radical (unpaired) electrons. The summed E-state index contributed by atoms with van der Waals surface area (Å²) in [6.45, 7) is 4.70. The molecule has 3 heterocycles. The molecule has 1 aliphatic heterocycles. The molecule has 8 nitrogen and oxygen atoms in total. The van der Waals surface area contributed by atoms with Crippen molar-refractivity contribution >= 4 is 22.6 Å². The third-order valence-electron chi connectivity index (χ3n) is 6.56. The third kappa shape index (κ3) is 4.71. The van der Waals surface area contributed by atoms with E-state index in [9.17, 15) is 5.11 Å². The molecule has 0 saturated heterocycles. The number of amidine groups is 1. The number of nitrogens with one attached hydrogen (secondary N) is 2. The quantitative estimate of drug-likeness (QED) is 0.484. The Morgan fingerprint density at radius 3 is 2.88 bits per heavy atom. The van der Waals surface area contributed by atoms with E-state index in [1.807, 2.05) is 47.5 Å². The molecular formula is C26H33N7O. The lowest BCUT2D eigenvalue weighted by Crippen LogP contribution is -2.56. The van der Waals surface area contributed by atoms with Gasteiger partial charge in [-0.05, 0) is 50.8 Å². The van der Waals surface area contributed by atoms with Crippen molar-refractivity contribution < 1.29 is 6.48 Å². The van der Waals surface area contributed by atoms with Gasteiger partial charge in [0.15, 0.2) is 6.29 Å². The van der Waals surface area contributed by atoms with Crippen LogP contribution in [-0.2, 0) is 6.42 Å². The first-order valence-electron chi connectivity index (χ1n) is 12.6. The molecule has 2 aliphatic rings. The van der Waals surface area contributed by atoms with Crippen LogP contribution in [0.3, 0.4) is 0 Å². The first kappa shape index (κ1) is 21.0. The number of phenols is 1. The Hall–Kier alpha value is -3.55. The van der Waals surface area contributed by atoms with E-state index in [0.717, 1.165) is 35.1 Å². The highest BCUT2D eigenvalue weighted by Crippen LogP contribution is 2.27. The van der Waals surface area contributed by atoms with E-state index in [0.29, 0.717) is 30.9 Å². The molecule has 8 heteroatoms. The number of benzene rings is 1. The zero-order valence-corrected chi connectivity index (χ0v) is 19.8. The van der Waals surface area contributed by atoms with E-state index in [-0.39, 0.29) is 18.1 Å². The van der Waals surface area contributed by atoms with Crippen molar-refractivity contribution in [3.05, 3.63) is 60.5 Å². The second-order valence-corrected chi connectivity index (χ2v) is 9.27. The minimum absolute atomic E-state index is 0.252. The molecule has 5 rings (SSSR count). The highest BCUT2D eigenvalue weighted by Gasteiger charge is 2.29. The summed E-state index contributed by atoms with van der Waals surface area (Å²) < 4.78 is 10.6. The number of aromatic nitrogens is 3. The van der Waals surface area contributed by atoms with Crippen LogP contribution in [0.5, 0.6) is 5.75 Å². The number of para-hydroxylation sites is 1. The van der Waals surface area contributed by atoms with Gasteiger partial charge >= 0.3 is 0 Å². The Balaban J connectivity index is 1.38. The van der Waals surface area contributed by atoms with Crippen molar-refractivity contribution in [1.82, 2.24) is 25.0 Å². The second kappa shape index (κ2) is 9.75. The highest BCUT2D eigenvalue weighted by molar-refractivity contribution is 5.94. The van der Waals surface area contributed by atoms with Gasteiger partial charge in [-0.2, -0.15) is 5.10 Å². The first-order chi connectivity index (χ1) is 17.0. The summed E-state index contributed by atoms with van der Waals surface area (Å²) in [6, 6.07) is 10.3. The monoisotopic (exact) mass is 460 g/mol. The standard InChI is InChI=1S/C26H33N7O/c1-18(2)33-22-15-25(28-16-20(22)17-29-33)31-26-30-24(12-14-32(26)21-8-4-5-9-21)27-13-11-19-7-3-6-10-23(19)34/h3,6-7,10,12,14-18,21,26,34H,4-5,8-9,11,13H2,1-2H3,(H,27,30)(H,28,31)/t26-/m0/s1/i12D. The molecule has 2 aromatic heterocycles. The van der Waals surface area contributed by atoms with Gasteiger partial charge in [0.1, 0.15) is 17.4 Å². The summed E-state index contributed by atoms with van der Waals surface area (Å²) in [5.74, 6) is 1.57. The third-order valence-corrected chi connectivity index (χ3v) is 6.56. The van der Waals surface area contributed by atoms with E-state index in [1.165, 1.54) is 12.8 Å². The van der Waals surface area contributed by atoms with Gasteiger partial charge in [0.25, 0.3) is 0 Å². The minimum Gasteiger partial charge on any atom is -0.508 e. The van der Waals surface area contributed by atoms with E-state index in [1.54, 1.807) is 6.07 Å². The lowest BCUT2D eigenvalue weighted by atomic mass is 10.1.